The molecule has 5 nitrogen and oxygen atoms in total. The quantitative estimate of drug-likeness (QED) is 0.673. The van der Waals surface area contributed by atoms with Gasteiger partial charge in [0, 0.05) is 0 Å². The van der Waals surface area contributed by atoms with E-state index in [1.165, 1.54) is 7.11 Å². The van der Waals surface area contributed by atoms with E-state index in [1.807, 2.05) is 0 Å². The van der Waals surface area contributed by atoms with Crippen LogP contribution in [0.5, 0.6) is 0 Å². The zero-order valence-corrected chi connectivity index (χ0v) is 6.67. The average Bonchev–Trinajstić information content (AvgIpc) is 2.34. The Labute approximate surface area is 64.9 Å². The molecule has 0 atom stereocenters. The summed E-state index contributed by atoms with van der Waals surface area (Å²) in [4.78, 5) is 10.7. The molecule has 0 spiro atoms. The first-order valence-corrected chi connectivity index (χ1v) is 3.19. The summed E-state index contributed by atoms with van der Waals surface area (Å²) in [6.07, 6.45) is 0. The van der Waals surface area contributed by atoms with Crippen molar-refractivity contribution in [2.24, 2.45) is 0 Å². The van der Waals surface area contributed by atoms with Gasteiger partial charge in [-0.1, -0.05) is 0 Å². The van der Waals surface area contributed by atoms with E-state index < -0.39 is 5.97 Å². The van der Waals surface area contributed by atoms with Gasteiger partial charge >= 0.3 is 5.97 Å². The zero-order valence-electron chi connectivity index (χ0n) is 5.09. The maximum Gasteiger partial charge on any atom is 0.361 e. The molecule has 1 aromatic heterocycles. The lowest BCUT2D eigenvalue weighted by atomic mass is 10.5. The van der Waals surface area contributed by atoms with Gasteiger partial charge in [0.1, 0.15) is 0 Å². The van der Waals surface area contributed by atoms with Gasteiger partial charge < -0.3 is 4.74 Å². The molecule has 1 aromatic rings. The molecule has 0 saturated heterocycles. The molecular formula is C4H4BrN3O2. The minimum Gasteiger partial charge on any atom is -0.464 e. The van der Waals surface area contributed by atoms with Gasteiger partial charge in [0.25, 0.3) is 0 Å². The minimum atomic E-state index is -0.513. The molecule has 0 aliphatic rings. The van der Waals surface area contributed by atoms with Crippen molar-refractivity contribution >= 4 is 21.9 Å². The van der Waals surface area contributed by atoms with E-state index in [9.17, 15) is 4.79 Å². The first-order chi connectivity index (χ1) is 4.75. The summed E-state index contributed by atoms with van der Waals surface area (Å²) in [7, 11) is 1.28. The van der Waals surface area contributed by atoms with E-state index >= 15 is 0 Å². The number of carbonyl (C=O) groups excluding carboxylic acids is 1. The van der Waals surface area contributed by atoms with Gasteiger partial charge in [-0.3, -0.25) is 0 Å². The molecule has 0 amide bonds. The molecule has 1 rings (SSSR count). The fourth-order valence-electron chi connectivity index (χ4n) is 0.445. The Morgan fingerprint density at radius 2 is 2.40 bits per heavy atom. The summed E-state index contributed by atoms with van der Waals surface area (Å²) in [6, 6.07) is 0. The van der Waals surface area contributed by atoms with E-state index in [0.29, 0.717) is 4.60 Å². The van der Waals surface area contributed by atoms with Crippen LogP contribution >= 0.6 is 15.9 Å². The molecule has 1 heterocycles. The Kier molecular flexibility index (Phi) is 2.00. The summed E-state index contributed by atoms with van der Waals surface area (Å²) in [6.45, 7) is 0. The highest BCUT2D eigenvalue weighted by atomic mass is 79.9. The second-order valence-corrected chi connectivity index (χ2v) is 2.21. The van der Waals surface area contributed by atoms with Gasteiger partial charge in [-0.05, 0) is 15.9 Å². The number of methoxy groups -OCH3 is 1. The van der Waals surface area contributed by atoms with Crippen LogP contribution in [0.1, 0.15) is 10.5 Å². The lowest BCUT2D eigenvalue weighted by Crippen LogP contribution is -2.02. The fourth-order valence-corrected chi connectivity index (χ4v) is 0.774. The number of H-pyrrole nitrogens is 1. The van der Waals surface area contributed by atoms with Crippen LogP contribution in [-0.2, 0) is 4.74 Å². The molecule has 0 unspecified atom stereocenters. The van der Waals surface area contributed by atoms with Gasteiger partial charge in [-0.2, -0.15) is 5.21 Å². The number of ether oxygens (including phenoxy) is 1. The number of halogens is 1. The van der Waals surface area contributed by atoms with Crippen LogP contribution in [0, 0.1) is 0 Å². The second kappa shape index (κ2) is 2.78. The van der Waals surface area contributed by atoms with Crippen LogP contribution < -0.4 is 0 Å². The minimum absolute atomic E-state index is 0.155. The Bertz CT molecular complexity index is 246. The second-order valence-electron chi connectivity index (χ2n) is 1.45. The molecule has 0 aliphatic heterocycles. The van der Waals surface area contributed by atoms with Crippen molar-refractivity contribution in [2.75, 3.05) is 7.11 Å². The van der Waals surface area contributed by atoms with Gasteiger partial charge in [0.15, 0.2) is 4.60 Å². The molecule has 54 valence electrons. The summed E-state index contributed by atoms with van der Waals surface area (Å²) in [5, 5.41) is 9.36. The predicted octanol–water partition coefficient (Wildman–Crippen LogP) is 0.354. The van der Waals surface area contributed by atoms with Gasteiger partial charge in [-0.25, -0.2) is 4.79 Å². The predicted molar refractivity (Wildman–Crippen MR) is 35.4 cm³/mol. The first-order valence-electron chi connectivity index (χ1n) is 2.40. The number of nitrogens with one attached hydrogen (secondary N) is 1. The van der Waals surface area contributed by atoms with Gasteiger partial charge in [0.05, 0.1) is 7.11 Å². The van der Waals surface area contributed by atoms with Crippen molar-refractivity contribution in [2.45, 2.75) is 0 Å². The van der Waals surface area contributed by atoms with Crippen LogP contribution in [0.3, 0.4) is 0 Å². The van der Waals surface area contributed by atoms with E-state index in [2.05, 4.69) is 36.1 Å². The number of esters is 1. The number of hydrogen-bond acceptors (Lipinski definition) is 4. The Morgan fingerprint density at radius 1 is 1.70 bits per heavy atom. The van der Waals surface area contributed by atoms with Crippen LogP contribution in [0.15, 0.2) is 4.60 Å². The van der Waals surface area contributed by atoms with Gasteiger partial charge in [0.2, 0.25) is 5.69 Å². The molecule has 6 heteroatoms. The number of rotatable bonds is 1. The maximum absolute atomic E-state index is 10.7. The van der Waals surface area contributed by atoms with E-state index in [0.717, 1.165) is 0 Å². The molecule has 10 heavy (non-hydrogen) atoms. The average molecular weight is 206 g/mol. The molecule has 0 bridgehead atoms. The lowest BCUT2D eigenvalue weighted by Gasteiger charge is -1.90. The van der Waals surface area contributed by atoms with Crippen molar-refractivity contribution in [1.82, 2.24) is 15.4 Å². The molecule has 0 aliphatic carbocycles. The summed E-state index contributed by atoms with van der Waals surface area (Å²) in [5.74, 6) is -0.513. The topological polar surface area (TPSA) is 67.9 Å². The fraction of sp³-hybridized carbons (Fsp3) is 0.250. The maximum atomic E-state index is 10.7. The van der Waals surface area contributed by atoms with Crippen molar-refractivity contribution in [1.29, 1.82) is 0 Å². The zero-order chi connectivity index (χ0) is 7.56. The summed E-state index contributed by atoms with van der Waals surface area (Å²) < 4.78 is 4.74. The summed E-state index contributed by atoms with van der Waals surface area (Å²) >= 11 is 3.00. The number of aromatic nitrogens is 3. The van der Waals surface area contributed by atoms with Crippen molar-refractivity contribution in [3.05, 3.63) is 10.3 Å². The third-order valence-corrected chi connectivity index (χ3v) is 1.44. The first kappa shape index (κ1) is 7.20. The van der Waals surface area contributed by atoms with Crippen molar-refractivity contribution < 1.29 is 9.53 Å². The Morgan fingerprint density at radius 3 is 2.80 bits per heavy atom. The van der Waals surface area contributed by atoms with Crippen molar-refractivity contribution in [3.63, 3.8) is 0 Å². The molecule has 1 N–H and O–H groups in total. The van der Waals surface area contributed by atoms with Crippen LogP contribution in [0.4, 0.5) is 0 Å². The monoisotopic (exact) mass is 205 g/mol. The highest BCUT2D eigenvalue weighted by Crippen LogP contribution is 2.09. The molecule has 0 fully saturated rings. The summed E-state index contributed by atoms with van der Waals surface area (Å²) in [5.41, 5.74) is 0.155. The van der Waals surface area contributed by atoms with E-state index in [-0.39, 0.29) is 5.69 Å². The number of aromatic amines is 1. The highest BCUT2D eigenvalue weighted by Gasteiger charge is 2.13. The standard InChI is InChI=1S/C4H4BrN3O2/c1-10-4(9)2-3(5)7-8-6-2/h1H3,(H,6,7,8). The Hall–Kier alpha value is -0.910. The largest absolute Gasteiger partial charge is 0.464 e. The van der Waals surface area contributed by atoms with Crippen LogP contribution in [-0.4, -0.2) is 28.5 Å². The smallest absolute Gasteiger partial charge is 0.361 e. The normalized spacial score (nSPS) is 9.40. The van der Waals surface area contributed by atoms with E-state index in [4.69, 9.17) is 0 Å². The number of carbonyl (C=O) groups is 1. The van der Waals surface area contributed by atoms with E-state index in [1.54, 1.807) is 0 Å². The molecule has 0 radical (unpaired) electrons. The highest BCUT2D eigenvalue weighted by molar-refractivity contribution is 9.10. The molecule has 0 aromatic carbocycles. The molecule has 0 saturated carbocycles. The number of hydrogen-bond donors (Lipinski definition) is 1. The van der Waals surface area contributed by atoms with Crippen molar-refractivity contribution in [3.8, 4) is 0 Å². The SMILES string of the molecule is COC(=O)c1n[nH]nc1Br. The van der Waals surface area contributed by atoms with Crippen LogP contribution in [0.25, 0.3) is 0 Å². The Balaban J connectivity index is 2.93. The third kappa shape index (κ3) is 1.15. The number of nitrogens with zero attached hydrogens (tertiary/aromatic N) is 2. The van der Waals surface area contributed by atoms with Crippen LogP contribution in [0.2, 0.25) is 0 Å². The lowest BCUT2D eigenvalue weighted by molar-refractivity contribution is 0.0593. The van der Waals surface area contributed by atoms with Gasteiger partial charge in [-0.15, -0.1) is 10.2 Å². The molecular weight excluding hydrogens is 202 g/mol. The third-order valence-electron chi connectivity index (χ3n) is 0.884.